The van der Waals surface area contributed by atoms with Gasteiger partial charge < -0.3 is 36.2 Å². The maximum Gasteiger partial charge on any atom is 0.411 e. The van der Waals surface area contributed by atoms with Crippen LogP contribution in [0.4, 0.5) is 16.2 Å². The number of amides is 2. The van der Waals surface area contributed by atoms with Crippen LogP contribution in [-0.4, -0.2) is 78.3 Å². The summed E-state index contributed by atoms with van der Waals surface area (Å²) in [5, 5.41) is 32.9. The average Bonchev–Trinajstić information content (AvgIpc) is 2.79. The molecule has 0 aromatic heterocycles. The molecule has 3 unspecified atom stereocenters. The number of benzene rings is 1. The molecule has 0 radical (unpaired) electrons. The van der Waals surface area contributed by atoms with Crippen LogP contribution < -0.4 is 16.0 Å². The molecular weight excluding hydrogens is 498 g/mol. The highest BCUT2D eigenvalue weighted by Gasteiger charge is 2.36. The summed E-state index contributed by atoms with van der Waals surface area (Å²) in [6.45, 7) is 3.26. The number of anilines is 2. The molecule has 218 valence electrons. The number of hydrogen-bond donors (Lipinski definition) is 5. The van der Waals surface area contributed by atoms with E-state index < -0.39 is 42.6 Å². The highest BCUT2D eigenvalue weighted by Crippen LogP contribution is 2.44. The smallest absolute Gasteiger partial charge is 0.411 e. The molecule has 12 heteroatoms. The molecule has 1 aromatic carbocycles. The minimum Gasteiger partial charge on any atom is -0.505 e. The van der Waals surface area contributed by atoms with Gasteiger partial charge in [0.15, 0.2) is 5.78 Å². The number of carbonyl (C=O) groups is 4. The van der Waals surface area contributed by atoms with Crippen molar-refractivity contribution < 1.29 is 47.6 Å². The van der Waals surface area contributed by atoms with Crippen LogP contribution >= 0.6 is 0 Å². The summed E-state index contributed by atoms with van der Waals surface area (Å²) in [6, 6.07) is 1.58. The number of phenols is 1. The van der Waals surface area contributed by atoms with Crippen LogP contribution in [0.15, 0.2) is 6.07 Å². The monoisotopic (exact) mass is 543 g/mol. The molecule has 38 heavy (non-hydrogen) atoms. The lowest BCUT2D eigenvalue weighted by molar-refractivity contribution is -0.131. The van der Waals surface area contributed by atoms with E-state index in [-0.39, 0.29) is 69.0 Å². The molecule has 1 aromatic rings. The van der Waals surface area contributed by atoms with Crippen LogP contribution in [0.1, 0.15) is 58.3 Å². The number of nitrogens with zero attached hydrogens (tertiary/aromatic N) is 1. The molecule has 1 aliphatic rings. The highest BCUT2D eigenvalue weighted by atomic mass is 16.5. The fraction of sp³-hybridized carbons (Fsp3) is 0.615. The maximum absolute atomic E-state index is 13.3. The van der Waals surface area contributed by atoms with Gasteiger partial charge in [0.05, 0.1) is 30.9 Å². The Balaban J connectivity index is 0. The molecule has 1 aliphatic carbocycles. The molecule has 12 nitrogen and oxygen atoms in total. The first-order chi connectivity index (χ1) is 17.4. The number of carbonyl (C=O) groups excluding carboxylic acids is 4. The van der Waals surface area contributed by atoms with Gasteiger partial charge in [0.1, 0.15) is 11.5 Å². The van der Waals surface area contributed by atoms with E-state index in [1.165, 1.54) is 0 Å². The van der Waals surface area contributed by atoms with Gasteiger partial charge in [-0.3, -0.25) is 19.7 Å². The first-order valence-corrected chi connectivity index (χ1v) is 12.4. The fourth-order valence-corrected chi connectivity index (χ4v) is 4.87. The summed E-state index contributed by atoms with van der Waals surface area (Å²) in [4.78, 5) is 51.0. The van der Waals surface area contributed by atoms with Crippen molar-refractivity contribution in [2.75, 3.05) is 44.1 Å². The third-order valence-electron chi connectivity index (χ3n) is 6.56. The first kappa shape index (κ1) is 32.8. The van der Waals surface area contributed by atoms with Crippen molar-refractivity contribution in [3.05, 3.63) is 17.2 Å². The summed E-state index contributed by atoms with van der Waals surface area (Å²) >= 11 is 0. The molecule has 3 atom stereocenters. The number of ether oxygens (including phenoxy) is 1. The number of nitrogens with two attached hydrogens (primary N) is 1. The van der Waals surface area contributed by atoms with Crippen molar-refractivity contribution in [3.63, 3.8) is 0 Å². The number of aliphatic hydroxyl groups excluding tert-OH is 2. The van der Waals surface area contributed by atoms with Crippen molar-refractivity contribution >= 4 is 34.9 Å². The van der Waals surface area contributed by atoms with Crippen LogP contribution in [0.2, 0.25) is 0 Å². The third-order valence-corrected chi connectivity index (χ3v) is 6.56. The van der Waals surface area contributed by atoms with Crippen molar-refractivity contribution in [1.29, 1.82) is 0 Å². The predicted molar refractivity (Wildman–Crippen MR) is 145 cm³/mol. The van der Waals surface area contributed by atoms with Gasteiger partial charge >= 0.3 is 6.09 Å². The van der Waals surface area contributed by atoms with Gasteiger partial charge in [0.25, 0.3) is 0 Å². The molecule has 8 N–H and O–H groups in total. The average molecular weight is 544 g/mol. The molecular formula is C26H45N3O9. The number of hydrogen-bond acceptors (Lipinski definition) is 9. The minimum atomic E-state index is -0.888. The highest BCUT2D eigenvalue weighted by molar-refractivity contribution is 6.06. The topological polar surface area (TPSA) is 211 Å². The molecule has 2 rings (SSSR count). The third kappa shape index (κ3) is 8.40. The van der Waals surface area contributed by atoms with Gasteiger partial charge in [-0.15, -0.1) is 0 Å². The lowest BCUT2D eigenvalue weighted by Gasteiger charge is -2.33. The lowest BCUT2D eigenvalue weighted by atomic mass is 9.73. The van der Waals surface area contributed by atoms with E-state index in [9.17, 15) is 34.5 Å². The first-order valence-electron chi connectivity index (χ1n) is 12.4. The largest absolute Gasteiger partial charge is 0.505 e. The van der Waals surface area contributed by atoms with Crippen molar-refractivity contribution in [3.8, 4) is 5.75 Å². The molecule has 0 fully saturated rings. The molecule has 0 aliphatic heterocycles. The number of ketones is 2. The molecule has 0 heterocycles. The standard InChI is InChI=1S/C26H39N3O8.H2O.2H2/c1-14(2)13-37-26(36)28-19-10-20(29(3)4)17-8-15(9-22(33)24(17)25(19)35)7-16(5-6-30)18(12-31)21(32)11-23(27)34;;;/h10,14-16,18,30-31,35H,5-9,11-13H2,1-4H3,(H2,27,34)(H,28,36);1H2;2*1H. The quantitative estimate of drug-likeness (QED) is 0.180. The Hall–Kier alpha value is -3.22. The normalized spacial score (nSPS) is 16.2. The van der Waals surface area contributed by atoms with Gasteiger partial charge in [-0.05, 0) is 48.6 Å². The summed E-state index contributed by atoms with van der Waals surface area (Å²) in [5.74, 6) is -3.40. The van der Waals surface area contributed by atoms with Crippen LogP contribution in [0, 0.1) is 23.7 Å². The van der Waals surface area contributed by atoms with Gasteiger partial charge in [0, 0.05) is 41.6 Å². The van der Waals surface area contributed by atoms with Crippen molar-refractivity contribution in [1.82, 2.24) is 0 Å². The van der Waals surface area contributed by atoms with E-state index in [2.05, 4.69) is 5.32 Å². The van der Waals surface area contributed by atoms with E-state index in [4.69, 9.17) is 10.5 Å². The zero-order chi connectivity index (χ0) is 27.9. The number of primary amides is 1. The fourth-order valence-electron chi connectivity index (χ4n) is 4.87. The number of aromatic hydroxyl groups is 1. The van der Waals surface area contributed by atoms with Crippen LogP contribution in [0.25, 0.3) is 0 Å². The minimum absolute atomic E-state index is 0. The molecule has 0 spiro atoms. The van der Waals surface area contributed by atoms with E-state index >= 15 is 0 Å². The van der Waals surface area contributed by atoms with Gasteiger partial charge in [-0.2, -0.15) is 0 Å². The predicted octanol–water partition coefficient (Wildman–Crippen LogP) is 1.52. The summed E-state index contributed by atoms with van der Waals surface area (Å²) in [7, 11) is 3.56. The second kappa shape index (κ2) is 14.6. The van der Waals surface area contributed by atoms with E-state index in [0.717, 1.165) is 0 Å². The zero-order valence-electron chi connectivity index (χ0n) is 22.5. The number of phenolic OH excluding ortho intramolecular Hbond substituents is 1. The Morgan fingerprint density at radius 3 is 2.42 bits per heavy atom. The second-order valence-corrected chi connectivity index (χ2v) is 10.3. The lowest BCUT2D eigenvalue weighted by Crippen LogP contribution is -2.34. The number of fused-ring (bicyclic) bond motifs is 1. The van der Waals surface area contributed by atoms with Crippen molar-refractivity contribution in [2.45, 2.75) is 46.0 Å². The van der Waals surface area contributed by atoms with Crippen LogP contribution in [-0.2, 0) is 20.7 Å². The Bertz CT molecular complexity index is 1020. The van der Waals surface area contributed by atoms with Gasteiger partial charge in [-0.1, -0.05) is 13.8 Å². The Morgan fingerprint density at radius 2 is 1.89 bits per heavy atom. The van der Waals surface area contributed by atoms with E-state index in [1.807, 2.05) is 13.8 Å². The summed E-state index contributed by atoms with van der Waals surface area (Å²) in [6.07, 6.45) is -0.231. The van der Waals surface area contributed by atoms with E-state index in [1.54, 1.807) is 25.1 Å². The number of nitrogens with one attached hydrogen (secondary N) is 1. The van der Waals surface area contributed by atoms with Gasteiger partial charge in [0.2, 0.25) is 5.91 Å². The Kier molecular flexibility index (Phi) is 12.6. The van der Waals surface area contributed by atoms with Crippen LogP contribution in [0.5, 0.6) is 5.75 Å². The summed E-state index contributed by atoms with van der Waals surface area (Å²) in [5.41, 5.74) is 6.59. The van der Waals surface area contributed by atoms with Crippen molar-refractivity contribution in [2.24, 2.45) is 29.4 Å². The van der Waals surface area contributed by atoms with Crippen LogP contribution in [0.3, 0.4) is 0 Å². The molecule has 0 saturated carbocycles. The van der Waals surface area contributed by atoms with E-state index in [0.29, 0.717) is 24.1 Å². The Morgan fingerprint density at radius 1 is 1.24 bits per heavy atom. The van der Waals surface area contributed by atoms with Gasteiger partial charge in [-0.25, -0.2) is 4.79 Å². The molecule has 2 amide bonds. The maximum atomic E-state index is 13.3. The zero-order valence-corrected chi connectivity index (χ0v) is 22.5. The SMILES string of the molecule is CC(C)COC(=O)Nc1cc(N(C)C)c2c(c1O)C(=O)CC(CC(CCO)C(CO)C(=O)CC(N)=O)C2.O.[HH].[HH]. The Labute approximate surface area is 225 Å². The summed E-state index contributed by atoms with van der Waals surface area (Å²) < 4.78 is 5.14. The second-order valence-electron chi connectivity index (χ2n) is 10.3. The number of Topliss-reactive ketones (excluding diaryl/α,β-unsaturated/α-hetero) is 2. The number of aliphatic hydroxyl groups is 2. The number of rotatable bonds is 13. The molecule has 0 saturated heterocycles. The molecule has 0 bridgehead atoms.